The predicted molar refractivity (Wildman–Crippen MR) is 130 cm³/mol. The fourth-order valence-electron chi connectivity index (χ4n) is 7.58. The van der Waals surface area contributed by atoms with Gasteiger partial charge in [-0.15, -0.1) is 0 Å². The maximum Gasteiger partial charge on any atom is 0.331 e. The first-order valence-corrected chi connectivity index (χ1v) is 14.9. The highest BCUT2D eigenvalue weighted by atomic mass is 31.2. The SMILES string of the molecule is CC(COP(=O)(O)C[C@H](O)C[C@H]1N[C@H](CO)[C@@H](O)[C@@H]1O)(NC(=O)CC12CC3CC(CC(C3)C1)C2)C(=O)O. The van der Waals surface area contributed by atoms with Crippen LogP contribution in [0, 0.1) is 23.2 Å². The van der Waals surface area contributed by atoms with E-state index in [0.717, 1.165) is 19.3 Å². The third-order valence-electron chi connectivity index (χ3n) is 8.91. The highest BCUT2D eigenvalue weighted by Crippen LogP contribution is 2.61. The summed E-state index contributed by atoms with van der Waals surface area (Å²) >= 11 is 0. The Labute approximate surface area is 216 Å². The molecule has 0 spiro atoms. The second kappa shape index (κ2) is 10.8. The van der Waals surface area contributed by atoms with Gasteiger partial charge in [-0.25, -0.2) is 4.79 Å². The molecule has 0 radical (unpaired) electrons. The number of carboxylic acids is 1. The van der Waals surface area contributed by atoms with Crippen LogP contribution in [0.2, 0.25) is 0 Å². The molecule has 5 rings (SSSR count). The van der Waals surface area contributed by atoms with Crippen molar-refractivity contribution < 1.29 is 49.1 Å². The molecular formula is C24H41N2O10P. The number of rotatable bonds is 12. The number of carboxylic acid groups (broad SMARTS) is 1. The summed E-state index contributed by atoms with van der Waals surface area (Å²) in [6.45, 7) is 0.0123. The Morgan fingerprint density at radius 3 is 2.14 bits per heavy atom. The van der Waals surface area contributed by atoms with Crippen molar-refractivity contribution in [3.63, 3.8) is 0 Å². The quantitative estimate of drug-likeness (QED) is 0.147. The molecule has 7 atom stereocenters. The van der Waals surface area contributed by atoms with E-state index in [0.29, 0.717) is 17.8 Å². The van der Waals surface area contributed by atoms with Crippen molar-refractivity contribution >= 4 is 19.5 Å². The van der Waals surface area contributed by atoms with Crippen LogP contribution in [0.5, 0.6) is 0 Å². The minimum atomic E-state index is -4.48. The van der Waals surface area contributed by atoms with Gasteiger partial charge in [0, 0.05) is 12.5 Å². The van der Waals surface area contributed by atoms with Crippen molar-refractivity contribution in [2.24, 2.45) is 23.2 Å². The van der Waals surface area contributed by atoms with Crippen LogP contribution in [0.4, 0.5) is 0 Å². The Balaban J connectivity index is 1.29. The Hall–Kier alpha value is -1.11. The molecule has 1 amide bonds. The van der Waals surface area contributed by atoms with Crippen LogP contribution in [-0.2, 0) is 18.7 Å². The summed E-state index contributed by atoms with van der Waals surface area (Å²) < 4.78 is 17.7. The Kier molecular flexibility index (Phi) is 8.44. The standard InChI is InChI=1S/C24H41N2O10P/c1-23(22(32)33,26-19(29)9-24-6-13-2-14(7-24)4-15(3-13)8-24)12-36-37(34,35)11-16(28)5-17-20(30)21(31)18(10-27)25-17/h13-18,20-21,25,27-28,30-31H,2-12H2,1H3,(H,26,29)(H,32,33)(H,34,35)/t13?,14?,15?,16-,17-,18-,20-,21-,23?,24?/m1/s1. The largest absolute Gasteiger partial charge is 0.479 e. The summed E-state index contributed by atoms with van der Waals surface area (Å²) in [7, 11) is -4.48. The van der Waals surface area contributed by atoms with Gasteiger partial charge in [0.25, 0.3) is 0 Å². The summed E-state index contributed by atoms with van der Waals surface area (Å²) in [5, 5.41) is 54.5. The molecule has 1 saturated heterocycles. The molecule has 2 unspecified atom stereocenters. The topological polar surface area (TPSA) is 206 Å². The van der Waals surface area contributed by atoms with Crippen molar-refractivity contribution in [3.05, 3.63) is 0 Å². The second-order valence-corrected chi connectivity index (χ2v) is 14.2. The number of nitrogens with one attached hydrogen (secondary N) is 2. The Morgan fingerprint density at radius 1 is 1.11 bits per heavy atom. The lowest BCUT2D eigenvalue weighted by Gasteiger charge is -2.56. The van der Waals surface area contributed by atoms with E-state index in [1.807, 2.05) is 0 Å². The zero-order valence-corrected chi connectivity index (χ0v) is 22.1. The van der Waals surface area contributed by atoms with E-state index < -0.39 is 74.8 Å². The molecule has 0 aromatic heterocycles. The average Bonchev–Trinajstić information content (AvgIpc) is 3.03. The first kappa shape index (κ1) is 28.9. The molecule has 8 N–H and O–H groups in total. The van der Waals surface area contributed by atoms with E-state index in [2.05, 4.69) is 10.6 Å². The molecule has 13 heteroatoms. The van der Waals surface area contributed by atoms with Crippen LogP contribution >= 0.6 is 7.60 Å². The molecule has 5 fully saturated rings. The van der Waals surface area contributed by atoms with Crippen molar-refractivity contribution in [1.82, 2.24) is 10.6 Å². The van der Waals surface area contributed by atoms with Gasteiger partial charge in [-0.1, -0.05) is 0 Å². The van der Waals surface area contributed by atoms with Gasteiger partial charge in [-0.3, -0.25) is 9.36 Å². The van der Waals surface area contributed by atoms with Crippen LogP contribution in [0.1, 0.15) is 58.3 Å². The fourth-order valence-corrected chi connectivity index (χ4v) is 8.83. The lowest BCUT2D eigenvalue weighted by molar-refractivity contribution is -0.149. The van der Waals surface area contributed by atoms with Gasteiger partial charge in [0.1, 0.15) is 0 Å². The van der Waals surface area contributed by atoms with Crippen molar-refractivity contribution in [2.45, 2.75) is 94.2 Å². The van der Waals surface area contributed by atoms with Gasteiger partial charge < -0.3 is 45.6 Å². The third kappa shape index (κ3) is 6.55. The van der Waals surface area contributed by atoms with E-state index in [1.54, 1.807) is 0 Å². The molecule has 1 aliphatic heterocycles. The number of amides is 1. The lowest BCUT2D eigenvalue weighted by atomic mass is 9.49. The number of hydrogen-bond acceptors (Lipinski definition) is 9. The predicted octanol–water partition coefficient (Wildman–Crippen LogP) is -0.440. The van der Waals surface area contributed by atoms with E-state index in [1.165, 1.54) is 26.2 Å². The fraction of sp³-hybridized carbons (Fsp3) is 0.917. The van der Waals surface area contributed by atoms with Gasteiger partial charge in [0.05, 0.1) is 43.7 Å². The van der Waals surface area contributed by atoms with Gasteiger partial charge >= 0.3 is 13.6 Å². The zero-order chi connectivity index (χ0) is 27.2. The van der Waals surface area contributed by atoms with E-state index >= 15 is 0 Å². The second-order valence-electron chi connectivity index (χ2n) is 12.3. The number of carbonyl (C=O) groups excluding carboxylic acids is 1. The molecule has 4 aliphatic carbocycles. The molecule has 5 aliphatic rings. The maximum atomic E-state index is 13.0. The van der Waals surface area contributed by atoms with Gasteiger partial charge in [0.15, 0.2) is 5.54 Å². The number of carbonyl (C=O) groups is 2. The van der Waals surface area contributed by atoms with Gasteiger partial charge in [0.2, 0.25) is 5.91 Å². The minimum absolute atomic E-state index is 0.100. The van der Waals surface area contributed by atoms with E-state index in [-0.39, 0.29) is 18.3 Å². The molecule has 12 nitrogen and oxygen atoms in total. The molecule has 0 aromatic carbocycles. The smallest absolute Gasteiger partial charge is 0.331 e. The Morgan fingerprint density at radius 2 is 1.65 bits per heavy atom. The average molecular weight is 549 g/mol. The highest BCUT2D eigenvalue weighted by molar-refractivity contribution is 7.52. The number of hydrogen-bond donors (Lipinski definition) is 8. The summed E-state index contributed by atoms with van der Waals surface area (Å²) in [6, 6.07) is -1.61. The first-order valence-electron chi connectivity index (χ1n) is 13.1. The highest BCUT2D eigenvalue weighted by Gasteiger charge is 2.52. The van der Waals surface area contributed by atoms with Crippen LogP contribution in [0.25, 0.3) is 0 Å². The summed E-state index contributed by atoms with van der Waals surface area (Å²) in [4.78, 5) is 35.3. The normalized spacial score (nSPS) is 40.6. The number of aliphatic hydroxyl groups is 4. The monoisotopic (exact) mass is 548 g/mol. The number of aliphatic carboxylic acids is 1. The molecule has 4 saturated carbocycles. The van der Waals surface area contributed by atoms with Gasteiger partial charge in [-0.2, -0.15) is 0 Å². The first-order chi connectivity index (χ1) is 17.2. The van der Waals surface area contributed by atoms with Crippen molar-refractivity contribution in [1.29, 1.82) is 0 Å². The maximum absolute atomic E-state index is 13.0. The molecule has 37 heavy (non-hydrogen) atoms. The third-order valence-corrected chi connectivity index (χ3v) is 10.3. The lowest BCUT2D eigenvalue weighted by Crippen LogP contribution is -2.57. The van der Waals surface area contributed by atoms with Crippen LogP contribution < -0.4 is 10.6 Å². The van der Waals surface area contributed by atoms with Crippen LogP contribution in [0.3, 0.4) is 0 Å². The van der Waals surface area contributed by atoms with Crippen molar-refractivity contribution in [3.8, 4) is 0 Å². The Bertz CT molecular complexity index is 883. The summed E-state index contributed by atoms with van der Waals surface area (Å²) in [5.74, 6) is 0.0885. The van der Waals surface area contributed by atoms with Crippen molar-refractivity contribution in [2.75, 3.05) is 19.4 Å². The van der Waals surface area contributed by atoms with Crippen LogP contribution in [-0.4, -0.2) is 97.6 Å². The van der Waals surface area contributed by atoms with Crippen LogP contribution in [0.15, 0.2) is 0 Å². The summed E-state index contributed by atoms with van der Waals surface area (Å²) in [6.07, 6.45) is 1.93. The molecule has 212 valence electrons. The molecule has 1 heterocycles. The minimum Gasteiger partial charge on any atom is -0.479 e. The van der Waals surface area contributed by atoms with Gasteiger partial charge in [-0.05, 0) is 75.0 Å². The molecular weight excluding hydrogens is 507 g/mol. The van der Waals surface area contributed by atoms with E-state index in [9.17, 15) is 44.6 Å². The number of aliphatic hydroxyl groups excluding tert-OH is 4. The zero-order valence-electron chi connectivity index (χ0n) is 21.2. The molecule has 0 aromatic rings. The summed E-state index contributed by atoms with van der Waals surface area (Å²) in [5.41, 5.74) is -2.04. The van der Waals surface area contributed by atoms with E-state index in [4.69, 9.17) is 4.52 Å². The molecule has 4 bridgehead atoms.